The molecule has 0 bridgehead atoms. The number of nitrogens with one attached hydrogen (secondary N) is 2. The van der Waals surface area contributed by atoms with Crippen LogP contribution >= 0.6 is 11.8 Å². The molecule has 0 saturated carbocycles. The monoisotopic (exact) mass is 405 g/mol. The number of anilines is 1. The summed E-state index contributed by atoms with van der Waals surface area (Å²) in [5.41, 5.74) is 2.46. The first kappa shape index (κ1) is 20.2. The van der Waals surface area contributed by atoms with Crippen LogP contribution in [0.25, 0.3) is 0 Å². The first-order valence-corrected chi connectivity index (χ1v) is 10.1. The van der Waals surface area contributed by atoms with Crippen LogP contribution in [0.4, 0.5) is 5.69 Å². The van der Waals surface area contributed by atoms with Gasteiger partial charge in [0.05, 0.1) is 29.1 Å². The number of furan rings is 1. The van der Waals surface area contributed by atoms with Gasteiger partial charge in [-0.15, -0.1) is 0 Å². The van der Waals surface area contributed by atoms with Gasteiger partial charge in [-0.05, 0) is 35.9 Å². The fraction of sp³-hybridized carbons (Fsp3) is 0.136. The van der Waals surface area contributed by atoms with E-state index in [-0.39, 0.29) is 11.7 Å². The van der Waals surface area contributed by atoms with Crippen molar-refractivity contribution in [2.24, 2.45) is 0 Å². The average Bonchev–Trinajstić information content (AvgIpc) is 3.29. The molecule has 2 amide bonds. The zero-order valence-corrected chi connectivity index (χ0v) is 16.4. The average molecular weight is 405 g/mol. The van der Waals surface area contributed by atoms with Crippen molar-refractivity contribution in [1.82, 2.24) is 5.32 Å². The molecule has 0 radical (unpaired) electrons. The van der Waals surface area contributed by atoms with Gasteiger partial charge in [0, 0.05) is 18.1 Å². The van der Waals surface area contributed by atoms with E-state index in [1.165, 1.54) is 6.26 Å². The molecule has 6 nitrogen and oxygen atoms in total. The Morgan fingerprint density at radius 3 is 2.59 bits per heavy atom. The fourth-order valence-corrected chi connectivity index (χ4v) is 3.51. The quantitative estimate of drug-likeness (QED) is 0.551. The number of para-hydroxylation sites is 1. The molecule has 2 N–H and O–H groups in total. The molecule has 7 heteroatoms. The van der Waals surface area contributed by atoms with Gasteiger partial charge in [-0.2, -0.15) is 17.0 Å². The van der Waals surface area contributed by atoms with Crippen LogP contribution in [0.5, 0.6) is 0 Å². The van der Waals surface area contributed by atoms with Crippen LogP contribution in [0.15, 0.2) is 71.3 Å². The zero-order valence-electron chi connectivity index (χ0n) is 15.6. The Bertz CT molecular complexity index is 1030. The number of hydrogen-bond acceptors (Lipinski definition) is 5. The van der Waals surface area contributed by atoms with Gasteiger partial charge in [0.15, 0.2) is 5.76 Å². The highest BCUT2D eigenvalue weighted by Crippen LogP contribution is 2.18. The standard InChI is InChI=1S/C22H19N3O3S/c23-14-16-6-1-2-7-17(16)15-29-13-11-24-21(26)18-8-3-4-9-19(18)25-22(27)20-10-5-12-28-20/h1-10,12H,11,13,15H2,(H,24,26)(H,25,27). The maximum Gasteiger partial charge on any atom is 0.291 e. The highest BCUT2D eigenvalue weighted by Gasteiger charge is 2.15. The van der Waals surface area contributed by atoms with Gasteiger partial charge in [-0.25, -0.2) is 0 Å². The first-order valence-electron chi connectivity index (χ1n) is 8.97. The summed E-state index contributed by atoms with van der Waals surface area (Å²) < 4.78 is 5.08. The van der Waals surface area contributed by atoms with Crippen molar-refractivity contribution >= 4 is 29.3 Å². The van der Waals surface area contributed by atoms with Crippen LogP contribution in [0.1, 0.15) is 32.0 Å². The van der Waals surface area contributed by atoms with Crippen LogP contribution in [-0.4, -0.2) is 24.1 Å². The molecule has 0 atom stereocenters. The molecular formula is C22H19N3O3S. The number of nitriles is 1. The number of carbonyl (C=O) groups is 2. The van der Waals surface area contributed by atoms with Gasteiger partial charge in [-0.3, -0.25) is 9.59 Å². The van der Waals surface area contributed by atoms with E-state index in [2.05, 4.69) is 16.7 Å². The lowest BCUT2D eigenvalue weighted by molar-refractivity contribution is 0.0957. The van der Waals surface area contributed by atoms with Gasteiger partial charge in [0.2, 0.25) is 0 Å². The molecule has 0 spiro atoms. The molecule has 0 fully saturated rings. The Morgan fingerprint density at radius 1 is 1.00 bits per heavy atom. The van der Waals surface area contributed by atoms with E-state index in [1.54, 1.807) is 54.2 Å². The van der Waals surface area contributed by atoms with Crippen LogP contribution in [-0.2, 0) is 5.75 Å². The Labute approximate surface area is 172 Å². The highest BCUT2D eigenvalue weighted by atomic mass is 32.2. The number of benzene rings is 2. The minimum atomic E-state index is -0.415. The number of rotatable bonds is 8. The summed E-state index contributed by atoms with van der Waals surface area (Å²) in [6, 6.07) is 19.7. The topological polar surface area (TPSA) is 95.1 Å². The Balaban J connectivity index is 1.51. The molecule has 29 heavy (non-hydrogen) atoms. The molecule has 1 heterocycles. The Kier molecular flexibility index (Phi) is 7.09. The molecule has 3 rings (SSSR count). The minimum Gasteiger partial charge on any atom is -0.459 e. The molecule has 146 valence electrons. The summed E-state index contributed by atoms with van der Waals surface area (Å²) in [6.45, 7) is 0.471. The van der Waals surface area contributed by atoms with Gasteiger partial charge in [0.1, 0.15) is 0 Å². The van der Waals surface area contributed by atoms with Crippen molar-refractivity contribution in [3.05, 3.63) is 89.4 Å². The van der Waals surface area contributed by atoms with Crippen molar-refractivity contribution in [1.29, 1.82) is 5.26 Å². The van der Waals surface area contributed by atoms with Crippen molar-refractivity contribution in [2.75, 3.05) is 17.6 Å². The van der Waals surface area contributed by atoms with Crippen molar-refractivity contribution in [2.45, 2.75) is 5.75 Å². The number of amides is 2. The van der Waals surface area contributed by atoms with Gasteiger partial charge >= 0.3 is 0 Å². The number of carbonyl (C=O) groups excluding carboxylic acids is 2. The summed E-state index contributed by atoms with van der Waals surface area (Å²) in [6.07, 6.45) is 1.42. The Hall–Kier alpha value is -3.50. The minimum absolute atomic E-state index is 0.175. The van der Waals surface area contributed by atoms with E-state index in [9.17, 15) is 9.59 Å². The van der Waals surface area contributed by atoms with E-state index >= 15 is 0 Å². The lowest BCUT2D eigenvalue weighted by Gasteiger charge is -2.11. The second-order valence-corrected chi connectivity index (χ2v) is 7.16. The lowest BCUT2D eigenvalue weighted by atomic mass is 10.1. The predicted octanol–water partition coefficient (Wildman–Crippen LogP) is 4.07. The Morgan fingerprint density at radius 2 is 1.79 bits per heavy atom. The van der Waals surface area contributed by atoms with Crippen LogP contribution in [0, 0.1) is 11.3 Å². The molecule has 1 aromatic heterocycles. The SMILES string of the molecule is N#Cc1ccccc1CSCCNC(=O)c1ccccc1NC(=O)c1ccco1. The van der Waals surface area contributed by atoms with E-state index < -0.39 is 5.91 Å². The normalized spacial score (nSPS) is 10.2. The van der Waals surface area contributed by atoms with Crippen molar-refractivity contribution in [3.8, 4) is 6.07 Å². The predicted molar refractivity (Wildman–Crippen MR) is 113 cm³/mol. The molecule has 2 aromatic carbocycles. The van der Waals surface area contributed by atoms with Crippen molar-refractivity contribution in [3.63, 3.8) is 0 Å². The molecule has 0 unspecified atom stereocenters. The fourth-order valence-electron chi connectivity index (χ4n) is 2.65. The zero-order chi connectivity index (χ0) is 20.5. The number of hydrogen-bond donors (Lipinski definition) is 2. The molecule has 0 saturated heterocycles. The molecular weight excluding hydrogens is 386 g/mol. The first-order chi connectivity index (χ1) is 14.2. The third-order valence-electron chi connectivity index (χ3n) is 4.09. The lowest BCUT2D eigenvalue weighted by Crippen LogP contribution is -2.27. The van der Waals surface area contributed by atoms with E-state index in [0.717, 1.165) is 5.56 Å². The molecule has 3 aromatic rings. The van der Waals surface area contributed by atoms with Crippen molar-refractivity contribution < 1.29 is 14.0 Å². The summed E-state index contributed by atoms with van der Waals surface area (Å²) >= 11 is 1.64. The van der Waals surface area contributed by atoms with Gasteiger partial charge < -0.3 is 15.1 Å². The van der Waals surface area contributed by atoms with Crippen LogP contribution in [0.3, 0.4) is 0 Å². The van der Waals surface area contributed by atoms with Gasteiger partial charge in [0.25, 0.3) is 11.8 Å². The summed E-state index contributed by atoms with van der Waals surface area (Å²) in [4.78, 5) is 24.7. The molecule has 0 aliphatic carbocycles. The largest absolute Gasteiger partial charge is 0.459 e. The van der Waals surface area contributed by atoms with E-state index in [4.69, 9.17) is 9.68 Å². The van der Waals surface area contributed by atoms with Crippen LogP contribution in [0.2, 0.25) is 0 Å². The second kappa shape index (κ2) is 10.2. The highest BCUT2D eigenvalue weighted by molar-refractivity contribution is 7.98. The van der Waals surface area contributed by atoms with E-state index in [1.807, 2.05) is 18.2 Å². The third kappa shape index (κ3) is 5.50. The maximum atomic E-state index is 12.5. The number of nitrogens with zero attached hydrogens (tertiary/aromatic N) is 1. The van der Waals surface area contributed by atoms with Gasteiger partial charge in [-0.1, -0.05) is 30.3 Å². The van der Waals surface area contributed by atoms with E-state index in [0.29, 0.717) is 34.9 Å². The third-order valence-corrected chi connectivity index (χ3v) is 5.10. The summed E-state index contributed by atoms with van der Waals surface area (Å²) in [5, 5.41) is 14.7. The number of thioether (sulfide) groups is 1. The summed E-state index contributed by atoms with van der Waals surface area (Å²) in [5.74, 6) is 0.900. The molecule has 0 aliphatic rings. The van der Waals surface area contributed by atoms with Crippen LogP contribution < -0.4 is 10.6 Å². The second-order valence-electron chi connectivity index (χ2n) is 6.05. The smallest absolute Gasteiger partial charge is 0.291 e. The maximum absolute atomic E-state index is 12.5. The summed E-state index contributed by atoms with van der Waals surface area (Å²) in [7, 11) is 0. The molecule has 0 aliphatic heterocycles.